The topological polar surface area (TPSA) is 111 Å². The highest BCUT2D eigenvalue weighted by molar-refractivity contribution is 7.90. The van der Waals surface area contributed by atoms with Crippen LogP contribution < -0.4 is 15.8 Å². The van der Waals surface area contributed by atoms with E-state index in [9.17, 15) is 13.2 Å². The number of aromatic nitrogens is 3. The molecule has 1 aliphatic heterocycles. The largest absolute Gasteiger partial charge is 0.369 e. The van der Waals surface area contributed by atoms with Crippen molar-refractivity contribution in [1.29, 1.82) is 0 Å². The van der Waals surface area contributed by atoms with E-state index in [4.69, 9.17) is 11.6 Å². The lowest BCUT2D eigenvalue weighted by atomic mass is 10.1. The molecule has 2 aromatic carbocycles. The fourth-order valence-electron chi connectivity index (χ4n) is 4.14. The van der Waals surface area contributed by atoms with E-state index < -0.39 is 15.4 Å². The summed E-state index contributed by atoms with van der Waals surface area (Å²) in [5.74, 6) is 0.343. The molecule has 0 saturated carbocycles. The van der Waals surface area contributed by atoms with E-state index in [1.165, 1.54) is 23.9 Å². The number of aromatic amines is 1. The van der Waals surface area contributed by atoms with E-state index in [1.54, 1.807) is 12.3 Å². The summed E-state index contributed by atoms with van der Waals surface area (Å²) in [6, 6.07) is 14.0. The molecule has 36 heavy (non-hydrogen) atoms. The Balaban J connectivity index is 1.40. The van der Waals surface area contributed by atoms with E-state index >= 15 is 0 Å². The van der Waals surface area contributed by atoms with E-state index in [2.05, 4.69) is 49.2 Å². The molecule has 2 N–H and O–H groups in total. The first-order chi connectivity index (χ1) is 17.2. The van der Waals surface area contributed by atoms with Crippen LogP contribution in [-0.4, -0.2) is 67.8 Å². The molecule has 5 rings (SSSR count). The molecular weight excluding hydrogens is 500 g/mol. The zero-order valence-electron chi connectivity index (χ0n) is 19.8. The number of nitrogens with zero attached hydrogens (tertiary/aromatic N) is 4. The zero-order valence-corrected chi connectivity index (χ0v) is 21.4. The Bertz CT molecular complexity index is 1600. The van der Waals surface area contributed by atoms with Gasteiger partial charge in [-0.3, -0.25) is 4.79 Å². The van der Waals surface area contributed by atoms with Crippen LogP contribution in [0.1, 0.15) is 0 Å². The summed E-state index contributed by atoms with van der Waals surface area (Å²) in [4.78, 5) is 29.2. The van der Waals surface area contributed by atoms with E-state index in [-0.39, 0.29) is 15.5 Å². The van der Waals surface area contributed by atoms with Gasteiger partial charge < -0.3 is 20.1 Å². The lowest BCUT2D eigenvalue weighted by molar-refractivity contribution is 0.313. The smallest absolute Gasteiger partial charge is 0.257 e. The van der Waals surface area contributed by atoms with Crippen LogP contribution in [0.3, 0.4) is 0 Å². The van der Waals surface area contributed by atoms with Crippen LogP contribution in [-0.2, 0) is 9.84 Å². The second kappa shape index (κ2) is 9.53. The number of hydrogen-bond acceptors (Lipinski definition) is 8. The minimum absolute atomic E-state index is 0.0795. The Morgan fingerprint density at radius 1 is 1.00 bits per heavy atom. The maximum absolute atomic E-state index is 12.9. The Labute approximate surface area is 213 Å². The molecule has 0 radical (unpaired) electrons. The third kappa shape index (κ3) is 5.06. The molecule has 1 saturated heterocycles. The zero-order chi connectivity index (χ0) is 25.4. The highest BCUT2D eigenvalue weighted by atomic mass is 35.5. The first-order valence-corrected chi connectivity index (χ1v) is 13.6. The maximum atomic E-state index is 12.9. The maximum Gasteiger partial charge on any atom is 0.257 e. The van der Waals surface area contributed by atoms with Crippen molar-refractivity contribution in [2.45, 2.75) is 4.90 Å². The number of likely N-dealkylation sites (N-methyl/N-ethyl adjacent to an activating group) is 1. The molecule has 0 bridgehead atoms. The van der Waals surface area contributed by atoms with Gasteiger partial charge in [-0.1, -0.05) is 11.6 Å². The summed E-state index contributed by atoms with van der Waals surface area (Å²) in [6.45, 7) is 4.08. The molecule has 0 unspecified atom stereocenters. The van der Waals surface area contributed by atoms with Crippen LogP contribution >= 0.6 is 11.6 Å². The number of halogens is 1. The van der Waals surface area contributed by atoms with Crippen LogP contribution in [0.25, 0.3) is 22.2 Å². The molecule has 1 aliphatic rings. The van der Waals surface area contributed by atoms with Crippen molar-refractivity contribution < 1.29 is 8.42 Å². The minimum Gasteiger partial charge on any atom is -0.369 e. The molecule has 9 nitrogen and oxygen atoms in total. The molecule has 11 heteroatoms. The van der Waals surface area contributed by atoms with E-state index in [0.29, 0.717) is 22.5 Å². The predicted octanol–water partition coefficient (Wildman–Crippen LogP) is 3.54. The van der Waals surface area contributed by atoms with Gasteiger partial charge in [-0.05, 0) is 55.6 Å². The van der Waals surface area contributed by atoms with Crippen LogP contribution in [0.4, 0.5) is 17.3 Å². The summed E-state index contributed by atoms with van der Waals surface area (Å²) >= 11 is 6.29. The Kier molecular flexibility index (Phi) is 6.42. The first kappa shape index (κ1) is 24.2. The van der Waals surface area contributed by atoms with Gasteiger partial charge in [0.2, 0.25) is 5.95 Å². The van der Waals surface area contributed by atoms with Gasteiger partial charge >= 0.3 is 0 Å². The van der Waals surface area contributed by atoms with Crippen LogP contribution in [0.2, 0.25) is 5.02 Å². The highest BCUT2D eigenvalue weighted by Crippen LogP contribution is 2.30. The normalized spacial score (nSPS) is 14.8. The number of pyridine rings is 1. The van der Waals surface area contributed by atoms with Crippen molar-refractivity contribution >= 4 is 49.8 Å². The van der Waals surface area contributed by atoms with E-state index in [1.807, 2.05) is 12.1 Å². The van der Waals surface area contributed by atoms with Gasteiger partial charge in [-0.15, -0.1) is 0 Å². The summed E-state index contributed by atoms with van der Waals surface area (Å²) in [5, 5.41) is 4.03. The molecule has 0 atom stereocenters. The molecule has 0 spiro atoms. The van der Waals surface area contributed by atoms with E-state index in [0.717, 1.165) is 38.1 Å². The number of sulfone groups is 1. The van der Waals surface area contributed by atoms with Crippen molar-refractivity contribution in [3.63, 3.8) is 0 Å². The van der Waals surface area contributed by atoms with Crippen LogP contribution in [0, 0.1) is 0 Å². The summed E-state index contributed by atoms with van der Waals surface area (Å²) in [5.41, 5.74) is 2.48. The quantitative estimate of drug-likeness (QED) is 0.408. The standard InChI is InChI=1S/C25H25ClN6O3S/c1-31-9-11-32(12-10-31)18-5-3-17(4-6-18)28-25-27-15-16-13-21(24(33)29-23(16)30-25)20-14-19(36(2,34)35)7-8-22(20)26/h3-8,13-15H,9-12H2,1-2H3,(H2,27,28,29,30,33). The summed E-state index contributed by atoms with van der Waals surface area (Å²) < 4.78 is 23.9. The number of rotatable bonds is 5. The van der Waals surface area contributed by atoms with Crippen molar-refractivity contribution in [3.05, 3.63) is 70.1 Å². The number of anilines is 3. The molecule has 0 aliphatic carbocycles. The number of piperazine rings is 1. The average Bonchev–Trinajstić information content (AvgIpc) is 2.84. The van der Waals surface area contributed by atoms with Crippen molar-refractivity contribution in [2.24, 2.45) is 0 Å². The number of hydrogen-bond donors (Lipinski definition) is 2. The summed E-state index contributed by atoms with van der Waals surface area (Å²) in [7, 11) is -1.33. The third-order valence-corrected chi connectivity index (χ3v) is 7.68. The van der Waals surface area contributed by atoms with Gasteiger partial charge in [-0.2, -0.15) is 4.98 Å². The number of fused-ring (bicyclic) bond motifs is 1. The van der Waals surface area contributed by atoms with Crippen molar-refractivity contribution in [3.8, 4) is 11.1 Å². The lowest BCUT2D eigenvalue weighted by Crippen LogP contribution is -2.44. The van der Waals surface area contributed by atoms with Gasteiger partial charge in [-0.25, -0.2) is 13.4 Å². The molecule has 0 amide bonds. The first-order valence-electron chi connectivity index (χ1n) is 11.4. The number of benzene rings is 2. The predicted molar refractivity (Wildman–Crippen MR) is 143 cm³/mol. The monoisotopic (exact) mass is 524 g/mol. The summed E-state index contributed by atoms with van der Waals surface area (Å²) in [6.07, 6.45) is 2.70. The molecule has 2 aromatic heterocycles. The Morgan fingerprint density at radius 2 is 1.72 bits per heavy atom. The molecule has 4 aromatic rings. The number of nitrogens with one attached hydrogen (secondary N) is 2. The molecule has 186 valence electrons. The van der Waals surface area contributed by atoms with Gasteiger partial charge in [0.05, 0.1) is 4.90 Å². The molecule has 1 fully saturated rings. The van der Waals surface area contributed by atoms with Crippen molar-refractivity contribution in [1.82, 2.24) is 19.9 Å². The van der Waals surface area contributed by atoms with Crippen LogP contribution in [0.5, 0.6) is 0 Å². The second-order valence-corrected chi connectivity index (χ2v) is 11.3. The Morgan fingerprint density at radius 3 is 2.42 bits per heavy atom. The highest BCUT2D eigenvalue weighted by Gasteiger charge is 2.16. The fraction of sp³-hybridized carbons (Fsp3) is 0.240. The third-order valence-electron chi connectivity index (χ3n) is 6.24. The second-order valence-electron chi connectivity index (χ2n) is 8.89. The van der Waals surface area contributed by atoms with Gasteiger partial charge in [0, 0.05) is 71.5 Å². The lowest BCUT2D eigenvalue weighted by Gasteiger charge is -2.34. The minimum atomic E-state index is -3.46. The van der Waals surface area contributed by atoms with Gasteiger partial charge in [0.25, 0.3) is 5.56 Å². The fourth-order valence-corrected chi connectivity index (χ4v) is 5.01. The van der Waals surface area contributed by atoms with Crippen molar-refractivity contribution in [2.75, 3.05) is 49.7 Å². The molecule has 3 heterocycles. The molecular formula is C25H25ClN6O3S. The Hall–Kier alpha value is -3.47. The van der Waals surface area contributed by atoms with Gasteiger partial charge in [0.1, 0.15) is 5.65 Å². The van der Waals surface area contributed by atoms with Gasteiger partial charge in [0.15, 0.2) is 9.84 Å². The number of H-pyrrole nitrogens is 1. The SMILES string of the molecule is CN1CCN(c2ccc(Nc3ncc4cc(-c5cc(S(C)(=O)=O)ccc5Cl)c(=O)[nH]c4n3)cc2)CC1. The average molecular weight is 525 g/mol. The van der Waals surface area contributed by atoms with Crippen LogP contribution in [0.15, 0.2) is 64.4 Å².